The number of hydrogen-bond acceptors (Lipinski definition) is 6. The highest BCUT2D eigenvalue weighted by molar-refractivity contribution is 5.96. The third kappa shape index (κ3) is 5.38. The lowest BCUT2D eigenvalue weighted by molar-refractivity contribution is -0.153. The predicted octanol–water partition coefficient (Wildman–Crippen LogP) is 3.84. The summed E-state index contributed by atoms with van der Waals surface area (Å²) in [5, 5.41) is 2.95. The smallest absolute Gasteiger partial charge is 0.387 e. The Bertz CT molecular complexity index is 1270. The van der Waals surface area contributed by atoms with E-state index in [1.165, 1.54) is 25.1 Å². The van der Waals surface area contributed by atoms with E-state index in [4.69, 9.17) is 4.74 Å². The van der Waals surface area contributed by atoms with Crippen LogP contribution in [-0.4, -0.2) is 34.1 Å². The number of carbonyl (C=O) groups is 2. The lowest BCUT2D eigenvalue weighted by Crippen LogP contribution is -2.30. The summed E-state index contributed by atoms with van der Waals surface area (Å²) in [7, 11) is 0. The molecule has 1 fully saturated rings. The van der Waals surface area contributed by atoms with E-state index < -0.39 is 24.6 Å². The standard InChI is InChI=1S/C24H23F2N3O5/c1-14(22(31)28-18-8-4-5-9-19(18)34-24(25)26)33-21(30)13-12-20-27-17-7-3-2-6-16(17)23(32)29(20)15-10-11-15/h2-9,14-15,24H,10-13H2,1H3,(H,28,31). The minimum absolute atomic E-state index is 0.0320. The van der Waals surface area contributed by atoms with Gasteiger partial charge in [0.15, 0.2) is 6.10 Å². The molecule has 1 aromatic heterocycles. The number of para-hydroxylation sites is 3. The summed E-state index contributed by atoms with van der Waals surface area (Å²) in [5.74, 6) is -1.05. The molecule has 1 amide bonds. The van der Waals surface area contributed by atoms with Gasteiger partial charge < -0.3 is 14.8 Å². The van der Waals surface area contributed by atoms with Gasteiger partial charge in [0, 0.05) is 12.5 Å². The summed E-state index contributed by atoms with van der Waals surface area (Å²) in [6, 6.07) is 12.8. The van der Waals surface area contributed by atoms with Crippen LogP contribution in [0.4, 0.5) is 14.5 Å². The second kappa shape index (κ2) is 9.98. The van der Waals surface area contributed by atoms with Crippen molar-refractivity contribution >= 4 is 28.5 Å². The Morgan fingerprint density at radius 1 is 1.15 bits per heavy atom. The monoisotopic (exact) mass is 471 g/mol. The zero-order chi connectivity index (χ0) is 24.2. The van der Waals surface area contributed by atoms with Crippen molar-refractivity contribution in [2.45, 2.75) is 51.4 Å². The van der Waals surface area contributed by atoms with Crippen LogP contribution in [0.25, 0.3) is 10.9 Å². The summed E-state index contributed by atoms with van der Waals surface area (Å²) in [4.78, 5) is 42.3. The molecule has 1 saturated carbocycles. The molecule has 1 unspecified atom stereocenters. The molecule has 10 heteroatoms. The predicted molar refractivity (Wildman–Crippen MR) is 120 cm³/mol. The second-order valence-electron chi connectivity index (χ2n) is 7.95. The van der Waals surface area contributed by atoms with Crippen molar-refractivity contribution in [3.8, 4) is 5.75 Å². The fourth-order valence-electron chi connectivity index (χ4n) is 3.60. The van der Waals surface area contributed by atoms with Gasteiger partial charge in [-0.05, 0) is 44.0 Å². The van der Waals surface area contributed by atoms with Gasteiger partial charge in [-0.25, -0.2) is 4.98 Å². The van der Waals surface area contributed by atoms with Gasteiger partial charge in [0.2, 0.25) is 0 Å². The van der Waals surface area contributed by atoms with Gasteiger partial charge in [0.1, 0.15) is 11.6 Å². The van der Waals surface area contributed by atoms with E-state index in [1.54, 1.807) is 34.9 Å². The first-order valence-electron chi connectivity index (χ1n) is 10.9. The molecule has 8 nitrogen and oxygen atoms in total. The van der Waals surface area contributed by atoms with Crippen LogP contribution in [0.3, 0.4) is 0 Å². The topological polar surface area (TPSA) is 99.5 Å². The zero-order valence-electron chi connectivity index (χ0n) is 18.4. The van der Waals surface area contributed by atoms with E-state index in [9.17, 15) is 23.2 Å². The summed E-state index contributed by atoms with van der Waals surface area (Å²) in [5.41, 5.74) is 0.462. The number of fused-ring (bicyclic) bond motifs is 1. The number of benzene rings is 2. The Kier molecular flexibility index (Phi) is 6.85. The van der Waals surface area contributed by atoms with Gasteiger partial charge >= 0.3 is 12.6 Å². The molecule has 0 spiro atoms. The number of hydrogen-bond donors (Lipinski definition) is 1. The molecule has 1 heterocycles. The largest absolute Gasteiger partial charge is 0.453 e. The summed E-state index contributed by atoms with van der Waals surface area (Å²) < 4.78 is 36.3. The maximum Gasteiger partial charge on any atom is 0.387 e. The van der Waals surface area contributed by atoms with Crippen LogP contribution < -0.4 is 15.6 Å². The van der Waals surface area contributed by atoms with Crippen molar-refractivity contribution in [1.82, 2.24) is 9.55 Å². The van der Waals surface area contributed by atoms with Gasteiger partial charge in [-0.3, -0.25) is 19.0 Å². The highest BCUT2D eigenvalue weighted by Gasteiger charge is 2.28. The Morgan fingerprint density at radius 3 is 2.59 bits per heavy atom. The summed E-state index contributed by atoms with van der Waals surface area (Å²) in [6.07, 6.45) is 0.674. The van der Waals surface area contributed by atoms with Crippen LogP contribution in [0.15, 0.2) is 53.3 Å². The van der Waals surface area contributed by atoms with E-state index >= 15 is 0 Å². The molecule has 1 aliphatic rings. The fourth-order valence-corrected chi connectivity index (χ4v) is 3.60. The van der Waals surface area contributed by atoms with E-state index in [0.29, 0.717) is 16.7 Å². The van der Waals surface area contributed by atoms with Gasteiger partial charge in [-0.1, -0.05) is 24.3 Å². The second-order valence-corrected chi connectivity index (χ2v) is 7.95. The first kappa shape index (κ1) is 23.3. The molecular weight excluding hydrogens is 448 g/mol. The molecule has 178 valence electrons. The summed E-state index contributed by atoms with van der Waals surface area (Å²) in [6.45, 7) is -1.68. The third-order valence-electron chi connectivity index (χ3n) is 5.38. The lowest BCUT2D eigenvalue weighted by atomic mass is 10.2. The Hall–Kier alpha value is -3.82. The first-order valence-corrected chi connectivity index (χ1v) is 10.9. The van der Waals surface area contributed by atoms with Crippen molar-refractivity contribution in [2.24, 2.45) is 0 Å². The number of anilines is 1. The number of rotatable bonds is 9. The van der Waals surface area contributed by atoms with Crippen LogP contribution in [0.5, 0.6) is 5.75 Å². The number of nitrogens with zero attached hydrogens (tertiary/aromatic N) is 2. The zero-order valence-corrected chi connectivity index (χ0v) is 18.4. The fraction of sp³-hybridized carbons (Fsp3) is 0.333. The van der Waals surface area contributed by atoms with Crippen LogP contribution in [0.2, 0.25) is 0 Å². The molecule has 0 bridgehead atoms. The molecule has 3 aromatic rings. The first-order chi connectivity index (χ1) is 16.3. The van der Waals surface area contributed by atoms with Crippen molar-refractivity contribution in [3.63, 3.8) is 0 Å². The minimum Gasteiger partial charge on any atom is -0.453 e. The number of esters is 1. The van der Waals surface area contributed by atoms with Crippen LogP contribution >= 0.6 is 0 Å². The van der Waals surface area contributed by atoms with Crippen molar-refractivity contribution in [1.29, 1.82) is 0 Å². The van der Waals surface area contributed by atoms with Crippen LogP contribution in [-0.2, 0) is 20.7 Å². The van der Waals surface area contributed by atoms with Gasteiger partial charge in [0.25, 0.3) is 11.5 Å². The average Bonchev–Trinajstić information content (AvgIpc) is 3.64. The van der Waals surface area contributed by atoms with E-state index in [0.717, 1.165) is 12.8 Å². The molecule has 0 radical (unpaired) electrons. The summed E-state index contributed by atoms with van der Waals surface area (Å²) >= 11 is 0. The molecule has 2 aromatic carbocycles. The van der Waals surface area contributed by atoms with E-state index in [2.05, 4.69) is 15.0 Å². The van der Waals surface area contributed by atoms with Crippen molar-refractivity contribution < 1.29 is 27.8 Å². The van der Waals surface area contributed by atoms with Crippen LogP contribution in [0, 0.1) is 0 Å². The third-order valence-corrected chi connectivity index (χ3v) is 5.38. The minimum atomic E-state index is -3.05. The quantitative estimate of drug-likeness (QED) is 0.476. The van der Waals surface area contributed by atoms with Gasteiger partial charge in [-0.15, -0.1) is 0 Å². The number of carbonyl (C=O) groups excluding carboxylic acids is 2. The molecule has 4 rings (SSSR count). The van der Waals surface area contributed by atoms with Gasteiger partial charge in [-0.2, -0.15) is 8.78 Å². The molecular formula is C24H23F2N3O5. The number of alkyl halides is 2. The number of amides is 1. The molecule has 1 atom stereocenters. The highest BCUT2D eigenvalue weighted by atomic mass is 19.3. The van der Waals surface area contributed by atoms with Crippen LogP contribution in [0.1, 0.15) is 38.1 Å². The normalized spacial score (nSPS) is 14.1. The van der Waals surface area contributed by atoms with Crippen molar-refractivity contribution in [3.05, 3.63) is 64.7 Å². The van der Waals surface area contributed by atoms with E-state index in [-0.39, 0.29) is 35.9 Å². The molecule has 1 N–H and O–H groups in total. The lowest BCUT2D eigenvalue weighted by Gasteiger charge is -2.16. The molecule has 0 aliphatic heterocycles. The van der Waals surface area contributed by atoms with Gasteiger partial charge in [0.05, 0.1) is 23.0 Å². The SMILES string of the molecule is CC(OC(=O)CCc1nc2ccccc2c(=O)n1C1CC1)C(=O)Nc1ccccc1OC(F)F. The number of aryl methyl sites for hydroxylation is 1. The number of ether oxygens (including phenoxy) is 2. The maximum atomic E-state index is 12.9. The average molecular weight is 471 g/mol. The maximum absolute atomic E-state index is 12.9. The van der Waals surface area contributed by atoms with E-state index in [1.807, 2.05) is 0 Å². The number of nitrogens with one attached hydrogen (secondary N) is 1. The Balaban J connectivity index is 1.39. The number of aromatic nitrogens is 2. The molecule has 0 saturated heterocycles. The molecule has 34 heavy (non-hydrogen) atoms. The number of halogens is 2. The van der Waals surface area contributed by atoms with Crippen molar-refractivity contribution in [2.75, 3.05) is 5.32 Å². The molecule has 1 aliphatic carbocycles. The Morgan fingerprint density at radius 2 is 1.85 bits per heavy atom. The highest BCUT2D eigenvalue weighted by Crippen LogP contribution is 2.35. The Labute approximate surface area is 193 Å².